The molecule has 0 bridgehead atoms. The highest BCUT2D eigenvalue weighted by molar-refractivity contribution is 7.09. The zero-order chi connectivity index (χ0) is 17.8. The van der Waals surface area contributed by atoms with Gasteiger partial charge in [-0.15, -0.1) is 11.3 Å². The van der Waals surface area contributed by atoms with Crippen LogP contribution in [0.25, 0.3) is 11.3 Å². The average molecular weight is 353 g/mol. The Labute approximate surface area is 151 Å². The van der Waals surface area contributed by atoms with Gasteiger partial charge in [0.05, 0.1) is 24.9 Å². The maximum absolute atomic E-state index is 12.6. The molecule has 1 heterocycles. The van der Waals surface area contributed by atoms with Crippen molar-refractivity contribution in [2.24, 2.45) is 0 Å². The third-order valence-corrected chi connectivity index (χ3v) is 4.69. The van der Waals surface area contributed by atoms with Gasteiger partial charge in [0.15, 0.2) is 17.3 Å². The van der Waals surface area contributed by atoms with Gasteiger partial charge in [0.2, 0.25) is 0 Å². The molecule has 0 unspecified atom stereocenters. The van der Waals surface area contributed by atoms with Gasteiger partial charge in [0, 0.05) is 22.9 Å². The number of ketones is 1. The number of aryl methyl sites for hydroxylation is 1. The third kappa shape index (κ3) is 3.88. The Bertz CT molecular complexity index is 901. The molecule has 0 N–H and O–H groups in total. The quantitative estimate of drug-likeness (QED) is 0.610. The predicted octanol–water partition coefficient (Wildman–Crippen LogP) is 4.56. The van der Waals surface area contributed by atoms with Gasteiger partial charge in [-0.25, -0.2) is 4.98 Å². The number of thiazole rings is 1. The van der Waals surface area contributed by atoms with Gasteiger partial charge in [-0.3, -0.25) is 4.79 Å². The number of hydrogen-bond acceptors (Lipinski definition) is 5. The normalized spacial score (nSPS) is 10.5. The summed E-state index contributed by atoms with van der Waals surface area (Å²) >= 11 is 1.62. The van der Waals surface area contributed by atoms with Crippen molar-refractivity contribution in [2.45, 2.75) is 13.3 Å². The molecule has 0 spiro atoms. The number of hydrogen-bond donors (Lipinski definition) is 0. The molecule has 3 rings (SSSR count). The lowest BCUT2D eigenvalue weighted by atomic mass is 10.0. The zero-order valence-corrected chi connectivity index (χ0v) is 15.2. The molecular formula is C20H19NO3S. The van der Waals surface area contributed by atoms with Crippen molar-refractivity contribution in [3.63, 3.8) is 0 Å². The summed E-state index contributed by atoms with van der Waals surface area (Å²) in [7, 11) is 3.14. The van der Waals surface area contributed by atoms with Gasteiger partial charge in [0.1, 0.15) is 0 Å². The van der Waals surface area contributed by atoms with E-state index in [1.165, 1.54) is 0 Å². The van der Waals surface area contributed by atoms with Crippen LogP contribution in [0.4, 0.5) is 0 Å². The number of carbonyl (C=O) groups excluding carboxylic acids is 1. The molecule has 0 atom stereocenters. The highest BCUT2D eigenvalue weighted by Gasteiger charge is 2.12. The van der Waals surface area contributed by atoms with Gasteiger partial charge in [-0.1, -0.05) is 18.2 Å². The molecule has 5 heteroatoms. The molecule has 0 saturated carbocycles. The van der Waals surface area contributed by atoms with Crippen molar-refractivity contribution in [3.8, 4) is 22.8 Å². The maximum Gasteiger partial charge on any atom is 0.167 e. The summed E-state index contributed by atoms with van der Waals surface area (Å²) in [6.45, 7) is 1.98. The second-order valence-corrected chi connectivity index (χ2v) is 6.68. The fraction of sp³-hybridized carbons (Fsp3) is 0.200. The van der Waals surface area contributed by atoms with Gasteiger partial charge < -0.3 is 9.47 Å². The van der Waals surface area contributed by atoms with Gasteiger partial charge in [0.25, 0.3) is 0 Å². The fourth-order valence-corrected chi connectivity index (χ4v) is 3.26. The van der Waals surface area contributed by atoms with Gasteiger partial charge in [-0.05, 0) is 36.8 Å². The molecule has 1 aromatic heterocycles. The number of carbonyl (C=O) groups is 1. The largest absolute Gasteiger partial charge is 0.493 e. The lowest BCUT2D eigenvalue weighted by Gasteiger charge is -2.09. The van der Waals surface area contributed by atoms with E-state index in [1.807, 2.05) is 36.6 Å². The summed E-state index contributed by atoms with van der Waals surface area (Å²) in [4.78, 5) is 17.1. The van der Waals surface area contributed by atoms with Crippen molar-refractivity contribution in [2.75, 3.05) is 14.2 Å². The topological polar surface area (TPSA) is 48.4 Å². The van der Waals surface area contributed by atoms with E-state index in [2.05, 4.69) is 4.98 Å². The van der Waals surface area contributed by atoms with Crippen LogP contribution < -0.4 is 9.47 Å². The third-order valence-electron chi connectivity index (χ3n) is 3.91. The monoisotopic (exact) mass is 353 g/mol. The van der Waals surface area contributed by atoms with Crippen molar-refractivity contribution in [1.82, 2.24) is 4.98 Å². The van der Waals surface area contributed by atoms with E-state index in [4.69, 9.17) is 9.47 Å². The molecule has 0 radical (unpaired) electrons. The number of ether oxygens (including phenoxy) is 2. The second-order valence-electron chi connectivity index (χ2n) is 5.62. The molecule has 0 aliphatic rings. The van der Waals surface area contributed by atoms with Gasteiger partial charge >= 0.3 is 0 Å². The van der Waals surface area contributed by atoms with Crippen molar-refractivity contribution in [1.29, 1.82) is 0 Å². The molecule has 2 aromatic carbocycles. The maximum atomic E-state index is 12.6. The van der Waals surface area contributed by atoms with E-state index in [0.29, 0.717) is 23.5 Å². The van der Waals surface area contributed by atoms with Crippen LogP contribution in [0.15, 0.2) is 47.8 Å². The molecule has 0 aliphatic carbocycles. The molecule has 3 aromatic rings. The van der Waals surface area contributed by atoms with Crippen LogP contribution >= 0.6 is 11.3 Å². The molecular weight excluding hydrogens is 334 g/mol. The van der Waals surface area contributed by atoms with E-state index in [-0.39, 0.29) is 5.78 Å². The number of methoxy groups -OCH3 is 2. The lowest BCUT2D eigenvalue weighted by molar-refractivity contribution is 0.0992. The first-order valence-corrected chi connectivity index (χ1v) is 8.75. The minimum atomic E-state index is 0.0348. The van der Waals surface area contributed by atoms with E-state index >= 15 is 0 Å². The Hall–Kier alpha value is -2.66. The Morgan fingerprint density at radius 3 is 2.56 bits per heavy atom. The van der Waals surface area contributed by atoms with Crippen molar-refractivity contribution >= 4 is 17.1 Å². The van der Waals surface area contributed by atoms with Crippen LogP contribution in [-0.2, 0) is 6.42 Å². The fourth-order valence-electron chi connectivity index (χ4n) is 2.63. The summed E-state index contributed by atoms with van der Waals surface area (Å²) in [5.74, 6) is 1.20. The Morgan fingerprint density at radius 2 is 1.88 bits per heavy atom. The van der Waals surface area contributed by atoms with Crippen LogP contribution in [0.3, 0.4) is 0 Å². The Kier molecular flexibility index (Phi) is 5.14. The first-order valence-electron chi connectivity index (χ1n) is 7.87. The highest BCUT2D eigenvalue weighted by Crippen LogP contribution is 2.28. The smallest absolute Gasteiger partial charge is 0.167 e. The lowest BCUT2D eigenvalue weighted by Crippen LogP contribution is -2.04. The van der Waals surface area contributed by atoms with Crippen LogP contribution in [0.5, 0.6) is 11.5 Å². The number of Topliss-reactive ketones (excluding diaryl/α,β-unsaturated/α-hetero) is 1. The summed E-state index contributed by atoms with van der Waals surface area (Å²) in [5.41, 5.74) is 3.54. The summed E-state index contributed by atoms with van der Waals surface area (Å²) in [6, 6.07) is 13.2. The number of aromatic nitrogens is 1. The first kappa shape index (κ1) is 17.2. The number of rotatable bonds is 6. The molecule has 4 nitrogen and oxygen atoms in total. The second kappa shape index (κ2) is 7.49. The standard InChI is InChI=1S/C20H19NO3S/c1-13-21-17(12-25-13)15-6-4-5-14(9-15)10-18(22)16-7-8-19(23-2)20(11-16)24-3/h4-9,11-12H,10H2,1-3H3. The van der Waals surface area contributed by atoms with Crippen LogP contribution in [-0.4, -0.2) is 25.0 Å². The predicted molar refractivity (Wildman–Crippen MR) is 99.9 cm³/mol. The summed E-state index contributed by atoms with van der Waals surface area (Å²) < 4.78 is 10.5. The number of nitrogens with zero attached hydrogens (tertiary/aromatic N) is 1. The highest BCUT2D eigenvalue weighted by atomic mass is 32.1. The Balaban J connectivity index is 1.81. The molecule has 0 amide bonds. The van der Waals surface area contributed by atoms with E-state index < -0.39 is 0 Å². The SMILES string of the molecule is COc1ccc(C(=O)Cc2cccc(-c3csc(C)n3)c2)cc1OC. The zero-order valence-electron chi connectivity index (χ0n) is 14.4. The minimum absolute atomic E-state index is 0.0348. The van der Waals surface area contributed by atoms with Crippen molar-refractivity contribution in [3.05, 3.63) is 64.0 Å². The molecule has 0 fully saturated rings. The van der Waals surface area contributed by atoms with Crippen LogP contribution in [0, 0.1) is 6.92 Å². The Morgan fingerprint density at radius 1 is 1.08 bits per heavy atom. The first-order chi connectivity index (χ1) is 12.1. The molecule has 25 heavy (non-hydrogen) atoms. The average Bonchev–Trinajstić information content (AvgIpc) is 3.07. The molecule has 0 saturated heterocycles. The van der Waals surface area contributed by atoms with E-state index in [0.717, 1.165) is 21.8 Å². The summed E-state index contributed by atoms with van der Waals surface area (Å²) in [5, 5.41) is 3.06. The molecule has 128 valence electrons. The van der Waals surface area contributed by atoms with E-state index in [9.17, 15) is 4.79 Å². The van der Waals surface area contributed by atoms with Crippen LogP contribution in [0.2, 0.25) is 0 Å². The van der Waals surface area contributed by atoms with Gasteiger partial charge in [-0.2, -0.15) is 0 Å². The van der Waals surface area contributed by atoms with Crippen molar-refractivity contribution < 1.29 is 14.3 Å². The number of benzene rings is 2. The molecule has 0 aliphatic heterocycles. The van der Waals surface area contributed by atoms with Crippen LogP contribution in [0.1, 0.15) is 20.9 Å². The minimum Gasteiger partial charge on any atom is -0.493 e. The van der Waals surface area contributed by atoms with E-state index in [1.54, 1.807) is 43.8 Å². The summed E-state index contributed by atoms with van der Waals surface area (Å²) in [6.07, 6.45) is 0.326.